The highest BCUT2D eigenvalue weighted by Crippen LogP contribution is 2.27. The third-order valence-electron chi connectivity index (χ3n) is 5.25. The molecule has 1 aliphatic carbocycles. The Kier molecular flexibility index (Phi) is 6.00. The molecule has 1 aromatic heterocycles. The molecule has 0 spiro atoms. The first-order valence-corrected chi connectivity index (χ1v) is 10.3. The van der Waals surface area contributed by atoms with E-state index in [1.807, 2.05) is 42.5 Å². The standard InChI is InChI=1S/C23H26N4O2/c28-21(10-3-4-13-24-15-16-11-12-16)25-18-7-5-6-17(14-18)22-19-8-1-2-9-20(19)23(29)27-26-22/h1-2,5-9,14,16,24H,3-4,10-13,15H2,(H,25,28)(H,27,29). The second-order valence-electron chi connectivity index (χ2n) is 7.68. The van der Waals surface area contributed by atoms with E-state index in [2.05, 4.69) is 20.8 Å². The highest BCUT2D eigenvalue weighted by molar-refractivity contribution is 5.95. The van der Waals surface area contributed by atoms with Crippen molar-refractivity contribution in [3.05, 3.63) is 58.9 Å². The van der Waals surface area contributed by atoms with E-state index >= 15 is 0 Å². The minimum absolute atomic E-state index is 0.0172. The van der Waals surface area contributed by atoms with Crippen LogP contribution in [0.5, 0.6) is 0 Å². The number of carbonyl (C=O) groups excluding carboxylic acids is 1. The summed E-state index contributed by atoms with van der Waals surface area (Å²) in [6, 6.07) is 15.0. The van der Waals surface area contributed by atoms with Gasteiger partial charge in [0.25, 0.3) is 5.56 Å². The molecule has 1 saturated carbocycles. The van der Waals surface area contributed by atoms with Crippen molar-refractivity contribution in [2.75, 3.05) is 18.4 Å². The van der Waals surface area contributed by atoms with E-state index in [1.54, 1.807) is 6.07 Å². The number of aromatic nitrogens is 2. The molecular formula is C23H26N4O2. The summed E-state index contributed by atoms with van der Waals surface area (Å²) in [4.78, 5) is 24.3. The van der Waals surface area contributed by atoms with E-state index < -0.39 is 0 Å². The number of fused-ring (bicyclic) bond motifs is 1. The van der Waals surface area contributed by atoms with Gasteiger partial charge in [-0.25, -0.2) is 5.10 Å². The number of nitrogens with one attached hydrogen (secondary N) is 3. The summed E-state index contributed by atoms with van der Waals surface area (Å²) in [5.74, 6) is 0.906. The molecule has 29 heavy (non-hydrogen) atoms. The summed E-state index contributed by atoms with van der Waals surface area (Å²) < 4.78 is 0. The van der Waals surface area contributed by atoms with Gasteiger partial charge in [0.1, 0.15) is 0 Å². The Morgan fingerprint density at radius 3 is 2.72 bits per heavy atom. The van der Waals surface area contributed by atoms with Crippen LogP contribution in [0.25, 0.3) is 22.0 Å². The molecule has 1 heterocycles. The highest BCUT2D eigenvalue weighted by Gasteiger charge is 2.19. The number of H-pyrrole nitrogens is 1. The molecule has 0 radical (unpaired) electrons. The zero-order valence-electron chi connectivity index (χ0n) is 16.4. The van der Waals surface area contributed by atoms with Crippen LogP contribution in [0.15, 0.2) is 53.3 Å². The minimum atomic E-state index is -0.208. The van der Waals surface area contributed by atoms with Crippen LogP contribution in [0.3, 0.4) is 0 Å². The van der Waals surface area contributed by atoms with Crippen LogP contribution < -0.4 is 16.2 Å². The van der Waals surface area contributed by atoms with Crippen LogP contribution in [0.1, 0.15) is 32.1 Å². The fraction of sp³-hybridized carbons (Fsp3) is 0.348. The van der Waals surface area contributed by atoms with Crippen LogP contribution in [0.4, 0.5) is 5.69 Å². The van der Waals surface area contributed by atoms with Gasteiger partial charge in [-0.05, 0) is 62.9 Å². The second kappa shape index (κ2) is 9.01. The predicted molar refractivity (Wildman–Crippen MR) is 116 cm³/mol. The molecule has 6 nitrogen and oxygen atoms in total. The van der Waals surface area contributed by atoms with Gasteiger partial charge >= 0.3 is 0 Å². The molecule has 1 aliphatic rings. The van der Waals surface area contributed by atoms with Gasteiger partial charge in [0.05, 0.1) is 11.1 Å². The van der Waals surface area contributed by atoms with Crippen LogP contribution >= 0.6 is 0 Å². The average Bonchev–Trinajstić information content (AvgIpc) is 3.56. The molecule has 6 heteroatoms. The van der Waals surface area contributed by atoms with E-state index in [9.17, 15) is 9.59 Å². The van der Waals surface area contributed by atoms with Crippen molar-refractivity contribution in [1.82, 2.24) is 15.5 Å². The molecule has 0 saturated heterocycles. The number of hydrogen-bond acceptors (Lipinski definition) is 4. The Morgan fingerprint density at radius 1 is 1.07 bits per heavy atom. The van der Waals surface area contributed by atoms with Crippen LogP contribution in [0, 0.1) is 5.92 Å². The van der Waals surface area contributed by atoms with Crippen molar-refractivity contribution in [2.24, 2.45) is 5.92 Å². The molecule has 1 amide bonds. The fourth-order valence-corrected chi connectivity index (χ4v) is 3.47. The third-order valence-corrected chi connectivity index (χ3v) is 5.25. The summed E-state index contributed by atoms with van der Waals surface area (Å²) >= 11 is 0. The van der Waals surface area contributed by atoms with Crippen molar-refractivity contribution in [1.29, 1.82) is 0 Å². The highest BCUT2D eigenvalue weighted by atomic mass is 16.1. The SMILES string of the molecule is O=C(CCCCNCC1CC1)Nc1cccc(-c2n[nH]c(=O)c3ccccc23)c1. The zero-order valence-corrected chi connectivity index (χ0v) is 16.4. The topological polar surface area (TPSA) is 86.9 Å². The maximum Gasteiger partial charge on any atom is 0.272 e. The molecule has 0 unspecified atom stereocenters. The Labute approximate surface area is 169 Å². The summed E-state index contributed by atoms with van der Waals surface area (Å²) in [5, 5.41) is 14.6. The van der Waals surface area contributed by atoms with Crippen molar-refractivity contribution in [3.8, 4) is 11.3 Å². The lowest BCUT2D eigenvalue weighted by Crippen LogP contribution is -2.18. The quantitative estimate of drug-likeness (QED) is 0.486. The van der Waals surface area contributed by atoms with Gasteiger partial charge in [-0.2, -0.15) is 5.10 Å². The predicted octanol–water partition coefficient (Wildman–Crippen LogP) is 3.70. The summed E-state index contributed by atoms with van der Waals surface area (Å²) in [5.41, 5.74) is 2.06. The Hall–Kier alpha value is -2.99. The van der Waals surface area contributed by atoms with E-state index in [-0.39, 0.29) is 11.5 Å². The normalized spacial score (nSPS) is 13.5. The molecule has 0 bridgehead atoms. The fourth-order valence-electron chi connectivity index (χ4n) is 3.47. The smallest absolute Gasteiger partial charge is 0.272 e. The monoisotopic (exact) mass is 390 g/mol. The van der Waals surface area contributed by atoms with Crippen LogP contribution in [0.2, 0.25) is 0 Å². The van der Waals surface area contributed by atoms with Gasteiger partial charge in [0.2, 0.25) is 5.91 Å². The number of amides is 1. The molecule has 2 aromatic carbocycles. The number of benzene rings is 2. The van der Waals surface area contributed by atoms with Gasteiger partial charge in [0.15, 0.2) is 0 Å². The zero-order chi connectivity index (χ0) is 20.1. The molecule has 3 aromatic rings. The molecule has 150 valence electrons. The largest absolute Gasteiger partial charge is 0.326 e. The lowest BCUT2D eigenvalue weighted by Gasteiger charge is -2.09. The number of aromatic amines is 1. The van der Waals surface area contributed by atoms with Gasteiger partial charge in [-0.15, -0.1) is 0 Å². The van der Waals surface area contributed by atoms with Gasteiger partial charge in [-0.3, -0.25) is 9.59 Å². The van der Waals surface area contributed by atoms with E-state index in [4.69, 9.17) is 0 Å². The van der Waals surface area contributed by atoms with Crippen molar-refractivity contribution < 1.29 is 4.79 Å². The first kappa shape index (κ1) is 19.3. The Balaban J connectivity index is 1.37. The van der Waals surface area contributed by atoms with Gasteiger partial charge in [0, 0.05) is 23.1 Å². The number of carbonyl (C=O) groups is 1. The first-order chi connectivity index (χ1) is 14.2. The maximum atomic E-state index is 12.3. The molecular weight excluding hydrogens is 364 g/mol. The van der Waals surface area contributed by atoms with E-state index in [0.717, 1.165) is 48.5 Å². The summed E-state index contributed by atoms with van der Waals surface area (Å²) in [6.45, 7) is 2.09. The number of hydrogen-bond donors (Lipinski definition) is 3. The lowest BCUT2D eigenvalue weighted by molar-refractivity contribution is -0.116. The number of rotatable bonds is 9. The van der Waals surface area contributed by atoms with Gasteiger partial charge in [-0.1, -0.05) is 30.3 Å². The van der Waals surface area contributed by atoms with Crippen LogP contribution in [-0.4, -0.2) is 29.2 Å². The molecule has 4 rings (SSSR count). The second-order valence-corrected chi connectivity index (χ2v) is 7.68. The Bertz CT molecular complexity index is 1060. The molecule has 1 fully saturated rings. The molecule has 0 atom stereocenters. The first-order valence-electron chi connectivity index (χ1n) is 10.3. The van der Waals surface area contributed by atoms with E-state index in [0.29, 0.717) is 17.5 Å². The Morgan fingerprint density at radius 2 is 1.90 bits per heavy atom. The lowest BCUT2D eigenvalue weighted by atomic mass is 10.0. The third kappa shape index (κ3) is 5.09. The summed E-state index contributed by atoms with van der Waals surface area (Å²) in [6.07, 6.45) is 5.11. The number of unbranched alkanes of at least 4 members (excludes halogenated alkanes) is 1. The van der Waals surface area contributed by atoms with Gasteiger partial charge < -0.3 is 10.6 Å². The molecule has 0 aliphatic heterocycles. The van der Waals surface area contributed by atoms with Crippen molar-refractivity contribution in [2.45, 2.75) is 32.1 Å². The maximum absolute atomic E-state index is 12.3. The number of nitrogens with zero attached hydrogens (tertiary/aromatic N) is 1. The van der Waals surface area contributed by atoms with Crippen molar-refractivity contribution in [3.63, 3.8) is 0 Å². The van der Waals surface area contributed by atoms with E-state index in [1.165, 1.54) is 12.8 Å². The van der Waals surface area contributed by atoms with Crippen LogP contribution in [-0.2, 0) is 4.79 Å². The average molecular weight is 390 g/mol. The summed E-state index contributed by atoms with van der Waals surface area (Å²) in [7, 11) is 0. The number of anilines is 1. The van der Waals surface area contributed by atoms with Crippen molar-refractivity contribution >= 4 is 22.4 Å². The minimum Gasteiger partial charge on any atom is -0.326 e. The molecule has 3 N–H and O–H groups in total.